The maximum Gasteiger partial charge on any atom is 0.220 e. The van der Waals surface area contributed by atoms with Gasteiger partial charge in [-0.15, -0.1) is 0 Å². The van der Waals surface area contributed by atoms with Gasteiger partial charge in [0.05, 0.1) is 0 Å². The summed E-state index contributed by atoms with van der Waals surface area (Å²) in [6, 6.07) is 0.413. The first kappa shape index (κ1) is 13.9. The number of hydrogen-bond donors (Lipinski definition) is 1. The second kappa shape index (κ2) is 4.54. The van der Waals surface area contributed by atoms with Crippen molar-refractivity contribution in [3.63, 3.8) is 0 Å². The standard InChI is InChI=1S/C16H29NO/c1-11(2)8-13-16(10-14(18)17-13)7-6-15(4,5)9-12(16)3/h11-13H,6-10H2,1-5H3,(H,17,18). The van der Waals surface area contributed by atoms with Gasteiger partial charge in [-0.1, -0.05) is 34.6 Å². The molecular formula is C16H29NO. The first-order chi connectivity index (χ1) is 8.25. The monoisotopic (exact) mass is 251 g/mol. The van der Waals surface area contributed by atoms with Crippen molar-refractivity contribution in [3.05, 3.63) is 0 Å². The molecular weight excluding hydrogens is 222 g/mol. The molecule has 0 aromatic rings. The van der Waals surface area contributed by atoms with Crippen LogP contribution in [0.5, 0.6) is 0 Å². The summed E-state index contributed by atoms with van der Waals surface area (Å²) >= 11 is 0. The molecule has 1 aliphatic heterocycles. The Bertz CT molecular complexity index is 334. The SMILES string of the molecule is CC(C)CC1NC(=O)CC12CCC(C)(C)CC2C. The van der Waals surface area contributed by atoms with E-state index in [9.17, 15) is 4.79 Å². The predicted octanol–water partition coefficient (Wildman–Crippen LogP) is 3.75. The van der Waals surface area contributed by atoms with Crippen molar-refractivity contribution in [2.45, 2.75) is 72.8 Å². The van der Waals surface area contributed by atoms with Gasteiger partial charge in [-0.2, -0.15) is 0 Å². The zero-order valence-electron chi connectivity index (χ0n) is 12.7. The lowest BCUT2D eigenvalue weighted by molar-refractivity contribution is -0.120. The van der Waals surface area contributed by atoms with Gasteiger partial charge in [0.2, 0.25) is 5.91 Å². The molecule has 2 rings (SSSR count). The fourth-order valence-electron chi connectivity index (χ4n) is 4.31. The summed E-state index contributed by atoms with van der Waals surface area (Å²) in [4.78, 5) is 11.9. The third-order valence-corrected chi connectivity index (χ3v) is 5.33. The Morgan fingerprint density at radius 3 is 2.56 bits per heavy atom. The Morgan fingerprint density at radius 2 is 2.00 bits per heavy atom. The number of rotatable bonds is 2. The van der Waals surface area contributed by atoms with E-state index in [1.807, 2.05) is 0 Å². The minimum atomic E-state index is 0.247. The lowest BCUT2D eigenvalue weighted by Gasteiger charge is -2.49. The van der Waals surface area contributed by atoms with E-state index in [0.29, 0.717) is 23.3 Å². The minimum Gasteiger partial charge on any atom is -0.353 e. The number of carbonyl (C=O) groups excluding carboxylic acids is 1. The van der Waals surface area contributed by atoms with Crippen LogP contribution in [0.2, 0.25) is 0 Å². The zero-order chi connectivity index (χ0) is 13.6. The molecule has 1 amide bonds. The van der Waals surface area contributed by atoms with Crippen LogP contribution in [-0.2, 0) is 4.79 Å². The fourth-order valence-corrected chi connectivity index (χ4v) is 4.31. The van der Waals surface area contributed by atoms with Gasteiger partial charge in [-0.3, -0.25) is 4.79 Å². The van der Waals surface area contributed by atoms with Crippen molar-refractivity contribution in [1.29, 1.82) is 0 Å². The second-order valence-electron chi connectivity index (χ2n) is 7.93. The van der Waals surface area contributed by atoms with E-state index < -0.39 is 0 Å². The van der Waals surface area contributed by atoms with E-state index in [1.165, 1.54) is 19.3 Å². The molecule has 1 aliphatic carbocycles. The third-order valence-electron chi connectivity index (χ3n) is 5.33. The molecule has 0 aromatic heterocycles. The van der Waals surface area contributed by atoms with Crippen LogP contribution in [0.15, 0.2) is 0 Å². The first-order valence-corrected chi connectivity index (χ1v) is 7.54. The van der Waals surface area contributed by atoms with Gasteiger partial charge >= 0.3 is 0 Å². The Kier molecular flexibility index (Phi) is 3.50. The molecule has 2 nitrogen and oxygen atoms in total. The van der Waals surface area contributed by atoms with Gasteiger partial charge in [-0.05, 0) is 42.9 Å². The van der Waals surface area contributed by atoms with Crippen LogP contribution >= 0.6 is 0 Å². The molecule has 2 heteroatoms. The summed E-state index contributed by atoms with van der Waals surface area (Å²) in [7, 11) is 0. The van der Waals surface area contributed by atoms with Gasteiger partial charge in [0.1, 0.15) is 0 Å². The molecule has 1 N–H and O–H groups in total. The van der Waals surface area contributed by atoms with Crippen LogP contribution in [-0.4, -0.2) is 11.9 Å². The fraction of sp³-hybridized carbons (Fsp3) is 0.938. The van der Waals surface area contributed by atoms with E-state index in [4.69, 9.17) is 0 Å². The van der Waals surface area contributed by atoms with Crippen LogP contribution in [0, 0.1) is 22.7 Å². The minimum absolute atomic E-state index is 0.247. The van der Waals surface area contributed by atoms with E-state index >= 15 is 0 Å². The largest absolute Gasteiger partial charge is 0.353 e. The number of carbonyl (C=O) groups is 1. The Morgan fingerprint density at radius 1 is 1.33 bits per heavy atom. The average molecular weight is 251 g/mol. The molecule has 18 heavy (non-hydrogen) atoms. The summed E-state index contributed by atoms with van der Waals surface area (Å²) in [6.07, 6.45) is 5.65. The van der Waals surface area contributed by atoms with E-state index in [1.54, 1.807) is 0 Å². The number of hydrogen-bond acceptors (Lipinski definition) is 1. The van der Waals surface area contributed by atoms with Crippen molar-refractivity contribution in [1.82, 2.24) is 5.32 Å². The molecule has 2 aliphatic rings. The van der Waals surface area contributed by atoms with Crippen molar-refractivity contribution in [2.75, 3.05) is 0 Å². The quantitative estimate of drug-likeness (QED) is 0.795. The van der Waals surface area contributed by atoms with Crippen LogP contribution in [0.4, 0.5) is 0 Å². The van der Waals surface area contributed by atoms with Gasteiger partial charge in [0.15, 0.2) is 0 Å². The summed E-state index contributed by atoms with van der Waals surface area (Å²) in [5, 5.41) is 3.26. The highest BCUT2D eigenvalue weighted by molar-refractivity contribution is 5.80. The van der Waals surface area contributed by atoms with E-state index in [2.05, 4.69) is 39.9 Å². The van der Waals surface area contributed by atoms with Gasteiger partial charge in [0, 0.05) is 17.9 Å². The molecule has 3 unspecified atom stereocenters. The Labute approximate surface area is 112 Å². The predicted molar refractivity (Wildman–Crippen MR) is 75.2 cm³/mol. The van der Waals surface area contributed by atoms with Gasteiger partial charge < -0.3 is 5.32 Å². The second-order valence-corrected chi connectivity index (χ2v) is 7.93. The maximum absolute atomic E-state index is 11.9. The number of amides is 1. The average Bonchev–Trinajstić information content (AvgIpc) is 2.50. The third kappa shape index (κ3) is 2.44. The van der Waals surface area contributed by atoms with E-state index in [0.717, 1.165) is 12.8 Å². The van der Waals surface area contributed by atoms with Crippen LogP contribution < -0.4 is 5.32 Å². The van der Waals surface area contributed by atoms with E-state index in [-0.39, 0.29) is 11.3 Å². The molecule has 0 radical (unpaired) electrons. The maximum atomic E-state index is 11.9. The number of nitrogens with one attached hydrogen (secondary N) is 1. The Balaban J connectivity index is 2.20. The molecule has 2 fully saturated rings. The lowest BCUT2D eigenvalue weighted by Crippen LogP contribution is -2.47. The molecule has 1 heterocycles. The summed E-state index contributed by atoms with van der Waals surface area (Å²) < 4.78 is 0. The Hall–Kier alpha value is -0.530. The molecule has 3 atom stereocenters. The van der Waals surface area contributed by atoms with Crippen LogP contribution in [0.3, 0.4) is 0 Å². The highest BCUT2D eigenvalue weighted by atomic mass is 16.2. The summed E-state index contributed by atoms with van der Waals surface area (Å²) in [5.74, 6) is 1.60. The van der Waals surface area contributed by atoms with Crippen molar-refractivity contribution < 1.29 is 4.79 Å². The smallest absolute Gasteiger partial charge is 0.220 e. The van der Waals surface area contributed by atoms with Crippen molar-refractivity contribution >= 4 is 5.91 Å². The molecule has 1 saturated heterocycles. The summed E-state index contributed by atoms with van der Waals surface area (Å²) in [6.45, 7) is 11.6. The molecule has 1 spiro atoms. The topological polar surface area (TPSA) is 29.1 Å². The molecule has 104 valence electrons. The van der Waals surface area contributed by atoms with Gasteiger partial charge in [-0.25, -0.2) is 0 Å². The normalized spacial score (nSPS) is 39.3. The van der Waals surface area contributed by atoms with Crippen molar-refractivity contribution in [3.8, 4) is 0 Å². The first-order valence-electron chi connectivity index (χ1n) is 7.54. The van der Waals surface area contributed by atoms with Crippen LogP contribution in [0.25, 0.3) is 0 Å². The molecule has 0 bridgehead atoms. The highest BCUT2D eigenvalue weighted by Crippen LogP contribution is 2.55. The molecule has 1 saturated carbocycles. The zero-order valence-corrected chi connectivity index (χ0v) is 12.7. The summed E-state index contributed by atoms with van der Waals surface area (Å²) in [5.41, 5.74) is 0.704. The molecule has 0 aromatic carbocycles. The van der Waals surface area contributed by atoms with Crippen LogP contribution in [0.1, 0.15) is 66.7 Å². The van der Waals surface area contributed by atoms with Gasteiger partial charge in [0.25, 0.3) is 0 Å². The highest BCUT2D eigenvalue weighted by Gasteiger charge is 2.53. The van der Waals surface area contributed by atoms with Crippen molar-refractivity contribution in [2.24, 2.45) is 22.7 Å². The lowest BCUT2D eigenvalue weighted by atomic mass is 9.56.